The van der Waals surface area contributed by atoms with Gasteiger partial charge in [0.05, 0.1) is 11.4 Å². The van der Waals surface area contributed by atoms with Crippen molar-refractivity contribution < 1.29 is 9.47 Å². The Kier molecular flexibility index (Phi) is 2.46. The van der Waals surface area contributed by atoms with Crippen LogP contribution in [0.25, 0.3) is 11.3 Å². The van der Waals surface area contributed by atoms with E-state index in [9.17, 15) is 0 Å². The summed E-state index contributed by atoms with van der Waals surface area (Å²) in [6.45, 7) is 1.78. The fraction of sp³-hybridized carbons (Fsp3) is 0.308. The molecule has 4 rings (SSSR count). The minimum atomic E-state index is 0.290. The summed E-state index contributed by atoms with van der Waals surface area (Å²) >= 11 is 1.78. The zero-order valence-corrected chi connectivity index (χ0v) is 11.1. The molecule has 0 spiro atoms. The second kappa shape index (κ2) is 4.18. The maximum atomic E-state index is 5.89. The van der Waals surface area contributed by atoms with E-state index in [1.807, 2.05) is 18.2 Å². The molecule has 2 aromatic rings. The number of benzene rings is 1. The Morgan fingerprint density at radius 2 is 2.21 bits per heavy atom. The van der Waals surface area contributed by atoms with Gasteiger partial charge in [-0.1, -0.05) is 11.8 Å². The molecule has 0 bridgehead atoms. The van der Waals surface area contributed by atoms with Gasteiger partial charge in [-0.2, -0.15) is 0 Å². The fourth-order valence-electron chi connectivity index (χ4n) is 2.51. The highest BCUT2D eigenvalue weighted by atomic mass is 32.2. The number of fused-ring (bicyclic) bond motifs is 2. The van der Waals surface area contributed by atoms with E-state index in [0.717, 1.165) is 45.9 Å². The minimum Gasteiger partial charge on any atom is -0.454 e. The van der Waals surface area contributed by atoms with Gasteiger partial charge in [0.15, 0.2) is 16.7 Å². The van der Waals surface area contributed by atoms with Gasteiger partial charge in [-0.05, 0) is 18.2 Å². The van der Waals surface area contributed by atoms with Crippen LogP contribution in [0.15, 0.2) is 23.4 Å². The molecule has 2 aliphatic rings. The third-order valence-electron chi connectivity index (χ3n) is 3.42. The van der Waals surface area contributed by atoms with Gasteiger partial charge in [0.1, 0.15) is 0 Å². The van der Waals surface area contributed by atoms with Gasteiger partial charge in [0.2, 0.25) is 6.79 Å². The second-order valence-electron chi connectivity index (χ2n) is 4.46. The first kappa shape index (κ1) is 11.2. The van der Waals surface area contributed by atoms with Crippen LogP contribution in [0, 0.1) is 0 Å². The number of aromatic nitrogens is 2. The van der Waals surface area contributed by atoms with Gasteiger partial charge < -0.3 is 19.8 Å². The summed E-state index contributed by atoms with van der Waals surface area (Å²) in [5.41, 5.74) is 8.98. The number of thioether (sulfide) groups is 1. The van der Waals surface area contributed by atoms with Crippen LogP contribution in [0.5, 0.6) is 11.5 Å². The molecule has 0 unspecified atom stereocenters. The number of nitrogens with zero attached hydrogens (tertiary/aromatic N) is 2. The molecule has 6 heteroatoms. The summed E-state index contributed by atoms with van der Waals surface area (Å²) in [5, 5.41) is 1.06. The molecule has 2 N–H and O–H groups in total. The topological polar surface area (TPSA) is 62.3 Å². The van der Waals surface area contributed by atoms with Crippen LogP contribution in [0.3, 0.4) is 0 Å². The fourth-order valence-corrected chi connectivity index (χ4v) is 3.48. The summed E-state index contributed by atoms with van der Waals surface area (Å²) in [6, 6.07) is 5.91. The molecule has 2 aliphatic heterocycles. The van der Waals surface area contributed by atoms with Crippen LogP contribution in [0.1, 0.15) is 5.69 Å². The van der Waals surface area contributed by atoms with Crippen molar-refractivity contribution in [2.45, 2.75) is 18.2 Å². The first-order chi connectivity index (χ1) is 9.36. The average Bonchev–Trinajstić information content (AvgIpc) is 3.12. The summed E-state index contributed by atoms with van der Waals surface area (Å²) in [5.74, 6) is 2.65. The van der Waals surface area contributed by atoms with E-state index in [2.05, 4.69) is 4.57 Å². The van der Waals surface area contributed by atoms with Gasteiger partial charge in [-0.25, -0.2) is 4.98 Å². The van der Waals surface area contributed by atoms with Crippen molar-refractivity contribution in [1.82, 2.24) is 9.55 Å². The molecule has 5 nitrogen and oxygen atoms in total. The largest absolute Gasteiger partial charge is 0.454 e. The van der Waals surface area contributed by atoms with E-state index in [1.54, 1.807) is 11.8 Å². The lowest BCUT2D eigenvalue weighted by molar-refractivity contribution is 0.174. The first-order valence-electron chi connectivity index (χ1n) is 6.19. The third kappa shape index (κ3) is 1.63. The van der Waals surface area contributed by atoms with Crippen molar-refractivity contribution in [3.63, 3.8) is 0 Å². The number of hydrogen-bond donors (Lipinski definition) is 1. The molecular formula is C13H13N3O2S. The Labute approximate surface area is 114 Å². The van der Waals surface area contributed by atoms with Crippen molar-refractivity contribution in [2.75, 3.05) is 12.5 Å². The average molecular weight is 275 g/mol. The van der Waals surface area contributed by atoms with Crippen LogP contribution in [0.2, 0.25) is 0 Å². The van der Waals surface area contributed by atoms with Gasteiger partial charge in [0, 0.05) is 24.4 Å². The normalized spacial score (nSPS) is 15.8. The molecule has 0 radical (unpaired) electrons. The molecule has 1 aromatic heterocycles. The molecule has 1 aromatic carbocycles. The van der Waals surface area contributed by atoms with E-state index in [4.69, 9.17) is 20.2 Å². The van der Waals surface area contributed by atoms with Crippen molar-refractivity contribution in [3.8, 4) is 22.8 Å². The summed E-state index contributed by atoms with van der Waals surface area (Å²) in [7, 11) is 0. The number of imidazole rings is 1. The Morgan fingerprint density at radius 1 is 1.32 bits per heavy atom. The zero-order valence-electron chi connectivity index (χ0n) is 10.3. The summed E-state index contributed by atoms with van der Waals surface area (Å²) in [4.78, 5) is 4.71. The molecule has 0 atom stereocenters. The highest BCUT2D eigenvalue weighted by molar-refractivity contribution is 7.99. The maximum absolute atomic E-state index is 5.89. The third-order valence-corrected chi connectivity index (χ3v) is 4.38. The van der Waals surface area contributed by atoms with Crippen LogP contribution in [0.4, 0.5) is 0 Å². The minimum absolute atomic E-state index is 0.290. The Morgan fingerprint density at radius 3 is 3.11 bits per heavy atom. The van der Waals surface area contributed by atoms with Crippen LogP contribution in [-0.2, 0) is 13.1 Å². The number of rotatable bonds is 2. The molecule has 19 heavy (non-hydrogen) atoms. The monoisotopic (exact) mass is 275 g/mol. The number of hydrogen-bond acceptors (Lipinski definition) is 5. The van der Waals surface area contributed by atoms with E-state index in [-0.39, 0.29) is 6.79 Å². The first-order valence-corrected chi connectivity index (χ1v) is 7.17. The van der Waals surface area contributed by atoms with E-state index in [0.29, 0.717) is 6.54 Å². The zero-order chi connectivity index (χ0) is 12.8. The van der Waals surface area contributed by atoms with Crippen molar-refractivity contribution in [2.24, 2.45) is 5.73 Å². The highest BCUT2D eigenvalue weighted by Gasteiger charge is 2.23. The lowest BCUT2D eigenvalue weighted by Crippen LogP contribution is -2.07. The smallest absolute Gasteiger partial charge is 0.231 e. The molecular weight excluding hydrogens is 262 g/mol. The molecule has 98 valence electrons. The summed E-state index contributed by atoms with van der Waals surface area (Å²) < 4.78 is 13.0. The number of nitrogens with two attached hydrogens (primary N) is 1. The molecule has 0 fully saturated rings. The molecule has 0 saturated carbocycles. The van der Waals surface area contributed by atoms with Crippen LogP contribution < -0.4 is 15.2 Å². The van der Waals surface area contributed by atoms with E-state index in [1.165, 1.54) is 0 Å². The van der Waals surface area contributed by atoms with Crippen molar-refractivity contribution in [1.29, 1.82) is 0 Å². The lowest BCUT2D eigenvalue weighted by atomic mass is 10.1. The van der Waals surface area contributed by atoms with Gasteiger partial charge in [0.25, 0.3) is 0 Å². The van der Waals surface area contributed by atoms with Crippen LogP contribution >= 0.6 is 11.8 Å². The van der Waals surface area contributed by atoms with Gasteiger partial charge in [-0.15, -0.1) is 0 Å². The molecule has 3 heterocycles. The molecule has 0 saturated heterocycles. The SMILES string of the molecule is NCc1c(-c2ccc3c(c2)OCO3)nc2n1CCS2. The van der Waals surface area contributed by atoms with Crippen LogP contribution in [-0.4, -0.2) is 22.1 Å². The molecule has 0 amide bonds. The maximum Gasteiger partial charge on any atom is 0.231 e. The van der Waals surface area contributed by atoms with Gasteiger partial charge in [-0.3, -0.25) is 0 Å². The van der Waals surface area contributed by atoms with E-state index >= 15 is 0 Å². The Hall–Kier alpha value is -1.66. The highest BCUT2D eigenvalue weighted by Crippen LogP contribution is 2.38. The predicted molar refractivity (Wildman–Crippen MR) is 72.4 cm³/mol. The summed E-state index contributed by atoms with van der Waals surface area (Å²) in [6.07, 6.45) is 0. The lowest BCUT2D eigenvalue weighted by Gasteiger charge is -2.05. The van der Waals surface area contributed by atoms with Crippen molar-refractivity contribution in [3.05, 3.63) is 23.9 Å². The Balaban J connectivity index is 1.84. The Bertz CT molecular complexity index is 654. The molecule has 0 aliphatic carbocycles. The standard InChI is InChI=1S/C13H13N3O2S/c14-6-9-12(15-13-16(9)3-4-19-13)8-1-2-10-11(5-8)18-7-17-10/h1-2,5H,3-4,6-7,14H2. The van der Waals surface area contributed by atoms with Gasteiger partial charge >= 0.3 is 0 Å². The second-order valence-corrected chi connectivity index (χ2v) is 5.52. The quantitative estimate of drug-likeness (QED) is 0.906. The van der Waals surface area contributed by atoms with E-state index < -0.39 is 0 Å². The number of ether oxygens (including phenoxy) is 2. The predicted octanol–water partition coefficient (Wildman–Crippen LogP) is 1.84. The van der Waals surface area contributed by atoms with Crippen molar-refractivity contribution >= 4 is 11.8 Å².